The Hall–Kier alpha value is -2.42. The van der Waals surface area contributed by atoms with Crippen LogP contribution < -0.4 is 4.90 Å². The molecule has 0 aliphatic carbocycles. The van der Waals surface area contributed by atoms with Gasteiger partial charge in [-0.15, -0.1) is 0 Å². The molecule has 2 aliphatic heterocycles. The molecule has 31 heavy (non-hydrogen) atoms. The highest BCUT2D eigenvalue weighted by atomic mass is 32.1. The summed E-state index contributed by atoms with van der Waals surface area (Å²) in [5, 5.41) is 4.34. The number of fused-ring (bicyclic) bond motifs is 1. The molecule has 0 unspecified atom stereocenters. The quantitative estimate of drug-likeness (QED) is 0.663. The van der Waals surface area contributed by atoms with E-state index >= 15 is 0 Å². The third-order valence-corrected chi connectivity index (χ3v) is 7.07. The molecule has 2 saturated heterocycles. The van der Waals surface area contributed by atoms with E-state index in [-0.39, 0.29) is 5.91 Å². The normalized spacial score (nSPS) is 19.1. The number of hydrogen-bond donors (Lipinski definition) is 1. The number of aromatic amines is 1. The molecule has 164 valence electrons. The monoisotopic (exact) mass is 438 g/mol. The van der Waals surface area contributed by atoms with Gasteiger partial charge in [-0.05, 0) is 40.9 Å². The van der Waals surface area contributed by atoms with E-state index in [1.54, 1.807) is 11.3 Å². The number of imidazole rings is 1. The fourth-order valence-corrected chi connectivity index (χ4v) is 5.18. The smallest absolute Gasteiger partial charge is 0.236 e. The Morgan fingerprint density at radius 3 is 2.61 bits per heavy atom. The number of amides is 1. The van der Waals surface area contributed by atoms with Crippen LogP contribution in [0.3, 0.4) is 0 Å². The van der Waals surface area contributed by atoms with Gasteiger partial charge in [-0.1, -0.05) is 12.1 Å². The first-order valence-corrected chi connectivity index (χ1v) is 12.1. The molecule has 2 fully saturated rings. The van der Waals surface area contributed by atoms with Crippen LogP contribution in [0.4, 0.5) is 5.95 Å². The highest BCUT2D eigenvalue weighted by Gasteiger charge is 2.24. The number of nitrogens with zero attached hydrogens (tertiary/aromatic N) is 5. The molecule has 0 radical (unpaired) electrons. The van der Waals surface area contributed by atoms with Gasteiger partial charge in [0, 0.05) is 58.9 Å². The number of rotatable bonds is 5. The highest BCUT2D eigenvalue weighted by Crippen LogP contribution is 2.18. The number of carbonyl (C=O) groups excluding carboxylic acids is 1. The number of benzene rings is 1. The lowest BCUT2D eigenvalue weighted by Gasteiger charge is -2.35. The molecule has 8 heteroatoms. The lowest BCUT2D eigenvalue weighted by molar-refractivity contribution is -0.134. The number of aromatic nitrogens is 2. The van der Waals surface area contributed by atoms with Crippen molar-refractivity contribution in [3.05, 3.63) is 46.7 Å². The highest BCUT2D eigenvalue weighted by molar-refractivity contribution is 7.07. The summed E-state index contributed by atoms with van der Waals surface area (Å²) < 4.78 is 0. The summed E-state index contributed by atoms with van der Waals surface area (Å²) in [6, 6.07) is 10.3. The largest absolute Gasteiger partial charge is 0.341 e. The van der Waals surface area contributed by atoms with Crippen molar-refractivity contribution >= 4 is 34.2 Å². The van der Waals surface area contributed by atoms with Crippen molar-refractivity contribution in [3.63, 3.8) is 0 Å². The minimum atomic E-state index is 0.271. The maximum Gasteiger partial charge on any atom is 0.236 e. The molecule has 2 aliphatic rings. The summed E-state index contributed by atoms with van der Waals surface area (Å²) in [4.78, 5) is 30.2. The number of carbonyl (C=O) groups is 1. The van der Waals surface area contributed by atoms with E-state index in [2.05, 4.69) is 42.6 Å². The standard InChI is InChI=1S/C23H30N6OS/c30-22(28-12-9-27(10-13-28)16-19-6-15-31-18-19)17-26-7-3-8-29(14-11-26)23-24-20-4-1-2-5-21(20)25-23/h1-2,4-6,15,18H,3,7-14,16-17H2,(H,24,25). The number of anilines is 1. The Kier molecular flexibility index (Phi) is 6.20. The average molecular weight is 439 g/mol. The van der Waals surface area contributed by atoms with E-state index in [4.69, 9.17) is 4.98 Å². The number of hydrogen-bond acceptors (Lipinski definition) is 6. The molecular formula is C23H30N6OS. The van der Waals surface area contributed by atoms with Crippen molar-refractivity contribution in [2.45, 2.75) is 13.0 Å². The van der Waals surface area contributed by atoms with Crippen molar-refractivity contribution in [2.75, 3.05) is 63.8 Å². The van der Waals surface area contributed by atoms with Crippen molar-refractivity contribution < 1.29 is 4.79 Å². The van der Waals surface area contributed by atoms with Gasteiger partial charge in [-0.25, -0.2) is 4.98 Å². The number of piperazine rings is 1. The van der Waals surface area contributed by atoms with Crippen LogP contribution in [0.5, 0.6) is 0 Å². The van der Waals surface area contributed by atoms with E-state index in [1.807, 2.05) is 23.1 Å². The van der Waals surface area contributed by atoms with Crippen molar-refractivity contribution in [3.8, 4) is 0 Å². The maximum atomic E-state index is 12.9. The first-order valence-electron chi connectivity index (χ1n) is 11.2. The Morgan fingerprint density at radius 2 is 1.81 bits per heavy atom. The van der Waals surface area contributed by atoms with Gasteiger partial charge in [0.05, 0.1) is 17.6 Å². The molecule has 0 spiro atoms. The molecule has 1 aromatic carbocycles. The summed E-state index contributed by atoms with van der Waals surface area (Å²) in [6.45, 7) is 8.81. The average Bonchev–Trinajstić information content (AvgIpc) is 3.40. The van der Waals surface area contributed by atoms with Crippen molar-refractivity contribution in [2.24, 2.45) is 0 Å². The number of thiophene rings is 1. The van der Waals surface area contributed by atoms with Gasteiger partial charge in [-0.2, -0.15) is 11.3 Å². The van der Waals surface area contributed by atoms with E-state index < -0.39 is 0 Å². The van der Waals surface area contributed by atoms with E-state index in [1.165, 1.54) is 5.56 Å². The van der Waals surface area contributed by atoms with E-state index in [9.17, 15) is 4.79 Å². The topological polar surface area (TPSA) is 58.7 Å². The third-order valence-electron chi connectivity index (χ3n) is 6.34. The van der Waals surface area contributed by atoms with Crippen LogP contribution in [-0.4, -0.2) is 89.5 Å². The van der Waals surface area contributed by atoms with Gasteiger partial charge < -0.3 is 14.8 Å². The fourth-order valence-electron chi connectivity index (χ4n) is 4.52. The Labute approximate surface area is 187 Å². The van der Waals surface area contributed by atoms with Gasteiger partial charge in [0.15, 0.2) is 0 Å². The number of nitrogens with one attached hydrogen (secondary N) is 1. The molecular weight excluding hydrogens is 408 g/mol. The predicted octanol–water partition coefficient (Wildman–Crippen LogP) is 2.48. The molecule has 4 heterocycles. The van der Waals surface area contributed by atoms with Crippen molar-refractivity contribution in [1.29, 1.82) is 0 Å². The second kappa shape index (κ2) is 9.38. The summed E-state index contributed by atoms with van der Waals surface area (Å²) in [5.74, 6) is 1.21. The van der Waals surface area contributed by atoms with Crippen LogP contribution in [0.25, 0.3) is 11.0 Å². The summed E-state index contributed by atoms with van der Waals surface area (Å²) in [5.41, 5.74) is 3.46. The van der Waals surface area contributed by atoms with Gasteiger partial charge >= 0.3 is 0 Å². The molecule has 0 atom stereocenters. The van der Waals surface area contributed by atoms with Gasteiger partial charge in [0.1, 0.15) is 0 Å². The van der Waals surface area contributed by atoms with Crippen LogP contribution >= 0.6 is 11.3 Å². The summed E-state index contributed by atoms with van der Waals surface area (Å²) in [7, 11) is 0. The van der Waals surface area contributed by atoms with Crippen LogP contribution in [0, 0.1) is 0 Å². The number of para-hydroxylation sites is 2. The van der Waals surface area contributed by atoms with Crippen molar-refractivity contribution in [1.82, 2.24) is 24.7 Å². The maximum absolute atomic E-state index is 12.9. The molecule has 7 nitrogen and oxygen atoms in total. The van der Waals surface area contributed by atoms with Gasteiger partial charge in [0.25, 0.3) is 0 Å². The second-order valence-corrected chi connectivity index (χ2v) is 9.26. The molecule has 0 bridgehead atoms. The Balaban J connectivity index is 1.10. The van der Waals surface area contributed by atoms with E-state index in [0.29, 0.717) is 6.54 Å². The zero-order chi connectivity index (χ0) is 21.0. The SMILES string of the molecule is O=C(CN1CCCN(c2nc3ccccc3[nH]2)CC1)N1CCN(Cc2ccsc2)CC1. The lowest BCUT2D eigenvalue weighted by Crippen LogP contribution is -2.51. The van der Waals surface area contributed by atoms with Gasteiger partial charge in [0.2, 0.25) is 11.9 Å². The first kappa shape index (κ1) is 20.5. The minimum Gasteiger partial charge on any atom is -0.341 e. The third kappa shape index (κ3) is 4.92. The molecule has 5 rings (SSSR count). The zero-order valence-electron chi connectivity index (χ0n) is 17.9. The summed E-state index contributed by atoms with van der Waals surface area (Å²) >= 11 is 1.75. The fraction of sp³-hybridized carbons (Fsp3) is 0.478. The molecule has 1 N–H and O–H groups in total. The van der Waals surface area contributed by atoms with Gasteiger partial charge in [-0.3, -0.25) is 14.6 Å². The first-order chi connectivity index (χ1) is 15.2. The predicted molar refractivity (Wildman–Crippen MR) is 126 cm³/mol. The Bertz CT molecular complexity index is 962. The summed E-state index contributed by atoms with van der Waals surface area (Å²) in [6.07, 6.45) is 1.04. The number of H-pyrrole nitrogens is 1. The molecule has 1 amide bonds. The second-order valence-electron chi connectivity index (χ2n) is 8.48. The van der Waals surface area contributed by atoms with Crippen LogP contribution in [0.2, 0.25) is 0 Å². The lowest BCUT2D eigenvalue weighted by atomic mass is 10.2. The van der Waals surface area contributed by atoms with E-state index in [0.717, 1.165) is 82.3 Å². The minimum absolute atomic E-state index is 0.271. The zero-order valence-corrected chi connectivity index (χ0v) is 18.7. The molecule has 2 aromatic heterocycles. The molecule has 0 saturated carbocycles. The van der Waals surface area contributed by atoms with Crippen LogP contribution in [0.1, 0.15) is 12.0 Å². The molecule has 3 aromatic rings. The Morgan fingerprint density at radius 1 is 0.968 bits per heavy atom. The van der Waals surface area contributed by atoms with Crippen LogP contribution in [-0.2, 0) is 11.3 Å². The van der Waals surface area contributed by atoms with Crippen LogP contribution in [0.15, 0.2) is 41.1 Å².